The number of benzene rings is 1. The fourth-order valence-electron chi connectivity index (χ4n) is 4.79. The minimum absolute atomic E-state index is 0.0487. The van der Waals surface area contributed by atoms with Crippen molar-refractivity contribution in [2.75, 3.05) is 49.1 Å². The third-order valence-corrected chi connectivity index (χ3v) is 7.67. The van der Waals surface area contributed by atoms with Gasteiger partial charge in [0.25, 0.3) is 0 Å². The lowest BCUT2D eigenvalue weighted by Crippen LogP contribution is -2.52. The molecule has 5 nitrogen and oxygen atoms in total. The van der Waals surface area contributed by atoms with Gasteiger partial charge in [0.2, 0.25) is 5.91 Å². The molecular weight excluding hydrogens is 428 g/mol. The van der Waals surface area contributed by atoms with E-state index in [4.69, 9.17) is 16.6 Å². The van der Waals surface area contributed by atoms with Crippen molar-refractivity contribution >= 4 is 50.4 Å². The van der Waals surface area contributed by atoms with Crippen LogP contribution < -0.4 is 9.80 Å². The molecule has 0 spiro atoms. The second-order valence-corrected chi connectivity index (χ2v) is 10.2. The van der Waals surface area contributed by atoms with E-state index < -0.39 is 0 Å². The van der Waals surface area contributed by atoms with Gasteiger partial charge in [-0.1, -0.05) is 11.6 Å². The molecule has 3 aromatic rings. The summed E-state index contributed by atoms with van der Waals surface area (Å²) in [5, 5.41) is 1.97. The number of hydrogen-bond acceptors (Lipinski definition) is 5. The Hall–Kier alpha value is -2.31. The standard InChI is InChI=1S/C24H27ClN4OS/c1-17-15-21-22(31-17)8-9-26-23(21)29-10-2-3-18(16-29)24(30)28-13-11-27(12-14-28)20-6-4-19(25)5-7-20/h4-9,15,18H,2-3,10-14,16H2,1H3/t18-/m1/s1. The highest BCUT2D eigenvalue weighted by molar-refractivity contribution is 7.19. The highest BCUT2D eigenvalue weighted by atomic mass is 35.5. The average Bonchev–Trinajstić information content (AvgIpc) is 3.19. The fourth-order valence-corrected chi connectivity index (χ4v) is 5.83. The van der Waals surface area contributed by atoms with Gasteiger partial charge in [-0.25, -0.2) is 4.98 Å². The van der Waals surface area contributed by atoms with Crippen LogP contribution in [0.1, 0.15) is 17.7 Å². The molecule has 2 aromatic heterocycles. The van der Waals surface area contributed by atoms with Crippen molar-refractivity contribution in [2.45, 2.75) is 19.8 Å². The van der Waals surface area contributed by atoms with Gasteiger partial charge < -0.3 is 14.7 Å². The number of thiophene rings is 1. The van der Waals surface area contributed by atoms with Crippen molar-refractivity contribution in [3.8, 4) is 0 Å². The summed E-state index contributed by atoms with van der Waals surface area (Å²) in [6, 6.07) is 12.3. The van der Waals surface area contributed by atoms with E-state index in [0.29, 0.717) is 5.91 Å². The maximum Gasteiger partial charge on any atom is 0.227 e. The van der Waals surface area contributed by atoms with Gasteiger partial charge in [-0.2, -0.15) is 0 Å². The Kier molecular flexibility index (Phi) is 5.76. The first kappa shape index (κ1) is 20.6. The van der Waals surface area contributed by atoms with Gasteiger partial charge in [-0.15, -0.1) is 11.3 Å². The van der Waals surface area contributed by atoms with Crippen LogP contribution >= 0.6 is 22.9 Å². The Labute approximate surface area is 192 Å². The van der Waals surface area contributed by atoms with Gasteiger partial charge in [0.1, 0.15) is 5.82 Å². The molecule has 31 heavy (non-hydrogen) atoms. The third-order valence-electron chi connectivity index (χ3n) is 6.40. The van der Waals surface area contributed by atoms with Crippen molar-refractivity contribution in [3.63, 3.8) is 0 Å². The van der Waals surface area contributed by atoms with E-state index in [1.165, 1.54) is 20.7 Å². The van der Waals surface area contributed by atoms with Gasteiger partial charge in [0.05, 0.1) is 5.92 Å². The second-order valence-electron chi connectivity index (χ2n) is 8.48. The molecule has 0 aliphatic carbocycles. The highest BCUT2D eigenvalue weighted by Gasteiger charge is 2.32. The summed E-state index contributed by atoms with van der Waals surface area (Å²) in [7, 11) is 0. The molecule has 0 N–H and O–H groups in total. The zero-order chi connectivity index (χ0) is 21.4. The molecule has 0 bridgehead atoms. The Morgan fingerprint density at radius 3 is 2.61 bits per heavy atom. The maximum atomic E-state index is 13.3. The number of fused-ring (bicyclic) bond motifs is 1. The number of hydrogen-bond donors (Lipinski definition) is 0. The zero-order valence-corrected chi connectivity index (χ0v) is 19.3. The molecular formula is C24H27ClN4OS. The molecule has 0 unspecified atom stereocenters. The number of carbonyl (C=O) groups is 1. The highest BCUT2D eigenvalue weighted by Crippen LogP contribution is 2.33. The van der Waals surface area contributed by atoms with E-state index in [-0.39, 0.29) is 5.92 Å². The molecule has 0 saturated carbocycles. The monoisotopic (exact) mass is 454 g/mol. The van der Waals surface area contributed by atoms with E-state index >= 15 is 0 Å². The van der Waals surface area contributed by atoms with Crippen LogP contribution in [0.25, 0.3) is 10.1 Å². The molecule has 1 amide bonds. The normalized spacial score (nSPS) is 19.8. The minimum atomic E-state index is 0.0487. The van der Waals surface area contributed by atoms with Crippen LogP contribution in [0, 0.1) is 12.8 Å². The molecule has 162 valence electrons. The van der Waals surface area contributed by atoms with E-state index in [0.717, 1.165) is 63.0 Å². The number of halogens is 1. The molecule has 5 rings (SSSR count). The molecule has 4 heterocycles. The molecule has 2 saturated heterocycles. The Balaban J connectivity index is 1.24. The van der Waals surface area contributed by atoms with Crippen LogP contribution in [-0.4, -0.2) is 55.1 Å². The molecule has 2 aliphatic heterocycles. The van der Waals surface area contributed by atoms with Gasteiger partial charge in [0.15, 0.2) is 0 Å². The van der Waals surface area contributed by atoms with Crippen LogP contribution in [-0.2, 0) is 4.79 Å². The average molecular weight is 455 g/mol. The lowest BCUT2D eigenvalue weighted by atomic mass is 9.96. The maximum absolute atomic E-state index is 13.3. The summed E-state index contributed by atoms with van der Waals surface area (Å²) >= 11 is 7.82. The summed E-state index contributed by atoms with van der Waals surface area (Å²) in [5.74, 6) is 1.38. The van der Waals surface area contributed by atoms with E-state index in [1.54, 1.807) is 11.3 Å². The van der Waals surface area contributed by atoms with Gasteiger partial charge in [-0.3, -0.25) is 4.79 Å². The molecule has 0 radical (unpaired) electrons. The SMILES string of the molecule is Cc1cc2c(N3CCC[C@@H](C(=O)N4CCN(c5ccc(Cl)cc5)CC4)C3)nccc2s1. The third kappa shape index (κ3) is 4.23. The number of rotatable bonds is 3. The first-order valence-electron chi connectivity index (χ1n) is 11.0. The smallest absolute Gasteiger partial charge is 0.227 e. The first-order chi connectivity index (χ1) is 15.1. The zero-order valence-electron chi connectivity index (χ0n) is 17.8. The fraction of sp³-hybridized carbons (Fsp3) is 0.417. The number of amides is 1. The van der Waals surface area contributed by atoms with E-state index in [9.17, 15) is 4.79 Å². The number of anilines is 2. The van der Waals surface area contributed by atoms with Gasteiger partial charge in [0, 0.05) is 71.1 Å². The van der Waals surface area contributed by atoms with Crippen LogP contribution in [0.3, 0.4) is 0 Å². The van der Waals surface area contributed by atoms with Crippen LogP contribution in [0.4, 0.5) is 11.5 Å². The van der Waals surface area contributed by atoms with Gasteiger partial charge in [-0.05, 0) is 56.2 Å². The van der Waals surface area contributed by atoms with Gasteiger partial charge >= 0.3 is 0 Å². The number of carbonyl (C=O) groups excluding carboxylic acids is 1. The minimum Gasteiger partial charge on any atom is -0.368 e. The second kappa shape index (κ2) is 8.67. The largest absolute Gasteiger partial charge is 0.368 e. The number of piperidine rings is 1. The van der Waals surface area contributed by atoms with Crippen molar-refractivity contribution in [3.05, 3.63) is 52.5 Å². The van der Waals surface area contributed by atoms with Crippen molar-refractivity contribution in [2.24, 2.45) is 5.92 Å². The van der Waals surface area contributed by atoms with Crippen LogP contribution in [0.5, 0.6) is 0 Å². The van der Waals surface area contributed by atoms with Crippen molar-refractivity contribution in [1.29, 1.82) is 0 Å². The Morgan fingerprint density at radius 1 is 1.06 bits per heavy atom. The van der Waals surface area contributed by atoms with Crippen molar-refractivity contribution < 1.29 is 4.79 Å². The number of pyridine rings is 1. The molecule has 2 aliphatic rings. The number of piperazine rings is 1. The first-order valence-corrected chi connectivity index (χ1v) is 12.2. The van der Waals surface area contributed by atoms with Crippen LogP contribution in [0.2, 0.25) is 5.02 Å². The predicted octanol–water partition coefficient (Wildman–Crippen LogP) is 4.82. The molecule has 7 heteroatoms. The summed E-state index contributed by atoms with van der Waals surface area (Å²) in [6.07, 6.45) is 3.89. The van der Waals surface area contributed by atoms with Crippen molar-refractivity contribution in [1.82, 2.24) is 9.88 Å². The number of nitrogens with zero attached hydrogens (tertiary/aromatic N) is 4. The molecule has 1 aromatic carbocycles. The van der Waals surface area contributed by atoms with E-state index in [2.05, 4.69) is 45.9 Å². The molecule has 2 fully saturated rings. The summed E-state index contributed by atoms with van der Waals surface area (Å²) in [5.41, 5.74) is 1.17. The summed E-state index contributed by atoms with van der Waals surface area (Å²) < 4.78 is 1.27. The molecule has 1 atom stereocenters. The number of aromatic nitrogens is 1. The number of aryl methyl sites for hydroxylation is 1. The Morgan fingerprint density at radius 2 is 1.84 bits per heavy atom. The lowest BCUT2D eigenvalue weighted by Gasteiger charge is -2.40. The predicted molar refractivity (Wildman–Crippen MR) is 130 cm³/mol. The summed E-state index contributed by atoms with van der Waals surface area (Å²) in [4.78, 5) is 26.0. The van der Waals surface area contributed by atoms with Crippen LogP contribution in [0.15, 0.2) is 42.6 Å². The lowest BCUT2D eigenvalue weighted by molar-refractivity contribution is -0.136. The quantitative estimate of drug-likeness (QED) is 0.568. The topological polar surface area (TPSA) is 39.7 Å². The summed E-state index contributed by atoms with van der Waals surface area (Å²) in [6.45, 7) is 7.13. The Bertz CT molecular complexity index is 1070. The van der Waals surface area contributed by atoms with E-state index in [1.807, 2.05) is 18.3 Å².